The fourth-order valence-electron chi connectivity index (χ4n) is 2.56. The average Bonchev–Trinajstić information content (AvgIpc) is 2.86. The summed E-state index contributed by atoms with van der Waals surface area (Å²) in [7, 11) is -1.50. The van der Waals surface area contributed by atoms with E-state index in [1.165, 1.54) is 11.3 Å². The van der Waals surface area contributed by atoms with E-state index in [1.54, 1.807) is 10.4 Å². The Morgan fingerprint density at radius 2 is 2.10 bits per heavy atom. The summed E-state index contributed by atoms with van der Waals surface area (Å²) in [5.74, 6) is 0.565. The highest BCUT2D eigenvalue weighted by molar-refractivity contribution is 7.87. The molecule has 0 aromatic carbocycles. The Balaban J connectivity index is 1.93. The number of nitrogens with one attached hydrogen (secondary N) is 2. The van der Waals surface area contributed by atoms with E-state index in [9.17, 15) is 8.42 Å². The maximum Gasteiger partial charge on any atom is 0.280 e. The molecule has 2 N–H and O–H groups in total. The lowest BCUT2D eigenvalue weighted by Gasteiger charge is -2.31. The van der Waals surface area contributed by atoms with Crippen LogP contribution in [0.1, 0.15) is 30.7 Å². The van der Waals surface area contributed by atoms with E-state index in [1.807, 2.05) is 20.0 Å². The van der Waals surface area contributed by atoms with E-state index >= 15 is 0 Å². The van der Waals surface area contributed by atoms with Crippen LogP contribution in [0.3, 0.4) is 0 Å². The molecule has 21 heavy (non-hydrogen) atoms. The van der Waals surface area contributed by atoms with Crippen molar-refractivity contribution in [1.29, 1.82) is 0 Å². The summed E-state index contributed by atoms with van der Waals surface area (Å²) in [5.41, 5.74) is 0. The standard InChI is InChI=1S/C13H22ClN3O2S2/c1-10(12-3-4-13(14)20-12)16-21(18,19)17-7-5-11(6-8-17)9-15-2/h3-4,10-11,15-16H,5-9H2,1-2H3. The molecule has 1 aliphatic heterocycles. The summed E-state index contributed by atoms with van der Waals surface area (Å²) in [5, 5.41) is 3.15. The molecule has 1 saturated heterocycles. The molecule has 0 saturated carbocycles. The van der Waals surface area contributed by atoms with Crippen molar-refractivity contribution in [2.45, 2.75) is 25.8 Å². The molecular formula is C13H22ClN3O2S2. The molecule has 0 spiro atoms. The predicted octanol–water partition coefficient (Wildman–Crippen LogP) is 2.23. The molecule has 0 aliphatic carbocycles. The second-order valence-corrected chi connectivity index (χ2v) is 8.84. The van der Waals surface area contributed by atoms with Crippen molar-refractivity contribution in [2.24, 2.45) is 5.92 Å². The van der Waals surface area contributed by atoms with Gasteiger partial charge in [0.25, 0.3) is 10.2 Å². The highest BCUT2D eigenvalue weighted by atomic mass is 35.5. The molecular weight excluding hydrogens is 330 g/mol. The van der Waals surface area contributed by atoms with Gasteiger partial charge in [0, 0.05) is 18.0 Å². The van der Waals surface area contributed by atoms with Gasteiger partial charge in [0.2, 0.25) is 0 Å². The third kappa shape index (κ3) is 4.64. The van der Waals surface area contributed by atoms with Crippen LogP contribution in [-0.4, -0.2) is 39.4 Å². The minimum Gasteiger partial charge on any atom is -0.319 e. The Bertz CT molecular complexity index is 554. The van der Waals surface area contributed by atoms with Crippen molar-refractivity contribution in [2.75, 3.05) is 26.7 Å². The van der Waals surface area contributed by atoms with Crippen LogP contribution in [0.2, 0.25) is 4.34 Å². The molecule has 0 amide bonds. The molecule has 2 rings (SSSR count). The SMILES string of the molecule is CNCC1CCN(S(=O)(=O)NC(C)c2ccc(Cl)s2)CC1. The number of piperidine rings is 1. The van der Waals surface area contributed by atoms with Crippen molar-refractivity contribution in [3.05, 3.63) is 21.3 Å². The average molecular weight is 352 g/mol. The lowest BCUT2D eigenvalue weighted by molar-refractivity contribution is 0.267. The van der Waals surface area contributed by atoms with Crippen LogP contribution in [0.5, 0.6) is 0 Å². The van der Waals surface area contributed by atoms with Crippen LogP contribution in [0.4, 0.5) is 0 Å². The lowest BCUT2D eigenvalue weighted by Crippen LogP contribution is -2.46. The zero-order chi connectivity index (χ0) is 15.5. The van der Waals surface area contributed by atoms with Gasteiger partial charge in [-0.25, -0.2) is 0 Å². The van der Waals surface area contributed by atoms with Crippen molar-refractivity contribution in [1.82, 2.24) is 14.3 Å². The van der Waals surface area contributed by atoms with E-state index in [0.29, 0.717) is 23.3 Å². The van der Waals surface area contributed by atoms with Crippen LogP contribution >= 0.6 is 22.9 Å². The summed E-state index contributed by atoms with van der Waals surface area (Å²) in [6.07, 6.45) is 1.81. The number of nitrogens with zero attached hydrogens (tertiary/aromatic N) is 1. The topological polar surface area (TPSA) is 61.4 Å². The van der Waals surface area contributed by atoms with Crippen LogP contribution < -0.4 is 10.0 Å². The van der Waals surface area contributed by atoms with Crippen molar-refractivity contribution in [3.63, 3.8) is 0 Å². The summed E-state index contributed by atoms with van der Waals surface area (Å²) >= 11 is 7.30. The maximum absolute atomic E-state index is 12.4. The minimum atomic E-state index is -3.43. The van der Waals surface area contributed by atoms with Crippen molar-refractivity contribution in [3.8, 4) is 0 Å². The Hall–Kier alpha value is -0.180. The summed E-state index contributed by atoms with van der Waals surface area (Å²) < 4.78 is 29.8. The Labute approximate surface area is 135 Å². The Kier molecular flexibility index (Phi) is 6.05. The first-order valence-electron chi connectivity index (χ1n) is 7.09. The van der Waals surface area contributed by atoms with Gasteiger partial charge in [-0.05, 0) is 51.4 Å². The van der Waals surface area contributed by atoms with Crippen LogP contribution in [0, 0.1) is 5.92 Å². The predicted molar refractivity (Wildman–Crippen MR) is 88.0 cm³/mol. The molecule has 8 heteroatoms. The molecule has 0 bridgehead atoms. The summed E-state index contributed by atoms with van der Waals surface area (Å²) in [6, 6.07) is 3.39. The number of hydrogen-bond acceptors (Lipinski definition) is 4. The Morgan fingerprint density at radius 3 is 2.62 bits per heavy atom. The van der Waals surface area contributed by atoms with E-state index in [-0.39, 0.29) is 6.04 Å². The number of halogens is 1. The summed E-state index contributed by atoms with van der Waals surface area (Å²) in [4.78, 5) is 0.925. The molecule has 1 aromatic rings. The van der Waals surface area contributed by atoms with Gasteiger partial charge in [0.05, 0.1) is 10.4 Å². The van der Waals surface area contributed by atoms with Crippen molar-refractivity contribution >= 4 is 33.1 Å². The molecule has 1 aliphatic rings. The molecule has 120 valence electrons. The monoisotopic (exact) mass is 351 g/mol. The zero-order valence-electron chi connectivity index (χ0n) is 12.3. The molecule has 1 atom stereocenters. The third-order valence-corrected chi connectivity index (χ3v) is 6.86. The first-order valence-corrected chi connectivity index (χ1v) is 9.73. The van der Waals surface area contributed by atoms with E-state index in [2.05, 4.69) is 10.0 Å². The van der Waals surface area contributed by atoms with Gasteiger partial charge in [-0.3, -0.25) is 0 Å². The molecule has 5 nitrogen and oxygen atoms in total. The van der Waals surface area contributed by atoms with Crippen LogP contribution in [0.15, 0.2) is 12.1 Å². The first-order chi connectivity index (χ1) is 9.92. The number of rotatable bonds is 6. The maximum atomic E-state index is 12.4. The van der Waals surface area contributed by atoms with Gasteiger partial charge in [0.15, 0.2) is 0 Å². The second-order valence-electron chi connectivity index (χ2n) is 5.39. The van der Waals surface area contributed by atoms with E-state index in [4.69, 9.17) is 11.6 Å². The summed E-state index contributed by atoms with van der Waals surface area (Å²) in [6.45, 7) is 3.96. The lowest BCUT2D eigenvalue weighted by atomic mass is 9.98. The van der Waals surface area contributed by atoms with Crippen molar-refractivity contribution < 1.29 is 8.42 Å². The van der Waals surface area contributed by atoms with Crippen LogP contribution in [-0.2, 0) is 10.2 Å². The van der Waals surface area contributed by atoms with E-state index in [0.717, 1.165) is 24.3 Å². The Morgan fingerprint density at radius 1 is 1.43 bits per heavy atom. The second kappa shape index (κ2) is 7.39. The van der Waals surface area contributed by atoms with E-state index < -0.39 is 10.2 Å². The van der Waals surface area contributed by atoms with Gasteiger partial charge in [-0.2, -0.15) is 17.4 Å². The fraction of sp³-hybridized carbons (Fsp3) is 0.692. The first kappa shape index (κ1) is 17.2. The highest BCUT2D eigenvalue weighted by Crippen LogP contribution is 2.27. The molecule has 1 aromatic heterocycles. The van der Waals surface area contributed by atoms with Gasteiger partial charge in [-0.1, -0.05) is 11.6 Å². The molecule has 0 radical (unpaired) electrons. The number of hydrogen-bond donors (Lipinski definition) is 2. The van der Waals surface area contributed by atoms with Gasteiger partial charge < -0.3 is 5.32 Å². The normalized spacial score (nSPS) is 19.8. The van der Waals surface area contributed by atoms with Gasteiger partial charge >= 0.3 is 0 Å². The third-order valence-electron chi connectivity index (χ3n) is 3.75. The minimum absolute atomic E-state index is 0.262. The number of thiophene rings is 1. The quantitative estimate of drug-likeness (QED) is 0.826. The smallest absolute Gasteiger partial charge is 0.280 e. The van der Waals surface area contributed by atoms with Gasteiger partial charge in [0.1, 0.15) is 0 Å². The molecule has 1 unspecified atom stereocenters. The molecule has 1 fully saturated rings. The fourth-order valence-corrected chi connectivity index (χ4v) is 5.11. The highest BCUT2D eigenvalue weighted by Gasteiger charge is 2.29. The molecule has 2 heterocycles. The zero-order valence-corrected chi connectivity index (χ0v) is 14.7. The van der Waals surface area contributed by atoms with Crippen LogP contribution in [0.25, 0.3) is 0 Å². The largest absolute Gasteiger partial charge is 0.319 e. The van der Waals surface area contributed by atoms with Gasteiger partial charge in [-0.15, -0.1) is 11.3 Å².